The number of para-hydroxylation sites is 1. The lowest BCUT2D eigenvalue weighted by Gasteiger charge is -2.34. The Hall–Kier alpha value is -3.56. The Morgan fingerprint density at radius 1 is 1.02 bits per heavy atom. The van der Waals surface area contributed by atoms with E-state index in [9.17, 15) is 27.9 Å². The van der Waals surface area contributed by atoms with Crippen LogP contribution < -0.4 is 10.0 Å². The standard InChI is InChI=1S/C30H30ClN5O6S3/c31-25-11-9-23(43-25)24-10-12-28(44-24)45(41,42)34-22-8-4-13-35(30(22)40)17-27(38)36-14-3-5-18(36)16-32-29(39)20-15-26(37)33-21-7-2-1-6-19(20)21/h1-2,6-7,9-12,15,18,22,34H,3-5,8,13-14,16-17H2,(H,32,39)(H,33,37)/t18-,22-/m0/s1. The zero-order valence-corrected chi connectivity index (χ0v) is 27.1. The number of likely N-dealkylation sites (tertiary alicyclic amines) is 2. The number of hydrogen-bond acceptors (Lipinski definition) is 9. The number of fused-ring (bicyclic) bond motifs is 1. The molecular formula is C30H30ClN5O6S3. The minimum absolute atomic E-state index is 0.0972. The molecule has 6 rings (SSSR count). The number of thiophene rings is 2. The number of rotatable bonds is 9. The van der Waals surface area contributed by atoms with Crippen molar-refractivity contribution in [3.63, 3.8) is 0 Å². The third-order valence-corrected chi connectivity index (χ3v) is 12.4. The largest absolute Gasteiger partial charge is 0.493 e. The minimum atomic E-state index is -3.97. The second-order valence-corrected chi connectivity index (χ2v) is 15.7. The van der Waals surface area contributed by atoms with Gasteiger partial charge in [-0.2, -0.15) is 4.72 Å². The van der Waals surface area contributed by atoms with Crippen molar-refractivity contribution in [3.8, 4) is 15.6 Å². The van der Waals surface area contributed by atoms with Gasteiger partial charge in [-0.1, -0.05) is 29.8 Å². The quantitative estimate of drug-likeness (QED) is 0.240. The summed E-state index contributed by atoms with van der Waals surface area (Å²) >= 11 is 8.48. The zero-order chi connectivity index (χ0) is 31.7. The Morgan fingerprint density at radius 3 is 2.58 bits per heavy atom. The van der Waals surface area contributed by atoms with E-state index in [1.54, 1.807) is 41.3 Å². The van der Waals surface area contributed by atoms with Crippen molar-refractivity contribution in [2.75, 3.05) is 26.2 Å². The molecule has 3 aromatic heterocycles. The number of halogens is 1. The fraction of sp³-hybridized carbons (Fsp3) is 0.333. The summed E-state index contributed by atoms with van der Waals surface area (Å²) in [7, 11) is -3.97. The lowest BCUT2D eigenvalue weighted by atomic mass is 10.1. The molecule has 45 heavy (non-hydrogen) atoms. The summed E-state index contributed by atoms with van der Waals surface area (Å²) in [4.78, 5) is 48.5. The first-order chi connectivity index (χ1) is 21.6. The Kier molecular flexibility index (Phi) is 9.11. The number of hydrogen-bond donors (Lipinski definition) is 3. The van der Waals surface area contributed by atoms with Gasteiger partial charge < -0.3 is 20.2 Å². The lowest BCUT2D eigenvalue weighted by Crippen LogP contribution is -2.55. The normalized spacial score (nSPS) is 18.9. The number of nitrogens with one attached hydrogen (secondary N) is 2. The van der Waals surface area contributed by atoms with Crippen molar-refractivity contribution in [1.29, 1.82) is 0 Å². The van der Waals surface area contributed by atoms with Crippen LogP contribution in [0.3, 0.4) is 0 Å². The number of amides is 3. The second-order valence-electron chi connectivity index (χ2n) is 10.9. The van der Waals surface area contributed by atoms with Gasteiger partial charge in [0.05, 0.1) is 22.0 Å². The summed E-state index contributed by atoms with van der Waals surface area (Å²) in [6, 6.07) is 13.9. The van der Waals surface area contributed by atoms with Crippen LogP contribution in [0.5, 0.6) is 5.88 Å². The van der Waals surface area contributed by atoms with Crippen LogP contribution in [-0.2, 0) is 19.6 Å². The topological polar surface area (TPSA) is 149 Å². The number of nitrogens with zero attached hydrogens (tertiary/aromatic N) is 3. The first kappa shape index (κ1) is 31.4. The van der Waals surface area contributed by atoms with Gasteiger partial charge in [-0.25, -0.2) is 13.4 Å². The maximum atomic E-state index is 13.4. The number of carbonyl (C=O) groups is 3. The molecule has 15 heteroatoms. The lowest BCUT2D eigenvalue weighted by molar-refractivity contribution is -0.143. The van der Waals surface area contributed by atoms with Crippen molar-refractivity contribution in [1.82, 2.24) is 24.8 Å². The SMILES string of the molecule is O=C(NC[C@@H]1CCCN1C(=O)CN1CCC[C@H](NS(=O)(=O)c2ccc(-c3ccc(Cl)s3)s2)C1=O)c1cc(O)nc2ccccc12. The average Bonchev–Trinajstić information content (AvgIpc) is 3.79. The van der Waals surface area contributed by atoms with Gasteiger partial charge in [0.2, 0.25) is 17.7 Å². The predicted octanol–water partition coefficient (Wildman–Crippen LogP) is 4.07. The van der Waals surface area contributed by atoms with E-state index in [0.717, 1.165) is 27.5 Å². The van der Waals surface area contributed by atoms with Gasteiger partial charge in [-0.15, -0.1) is 22.7 Å². The summed E-state index contributed by atoms with van der Waals surface area (Å²) < 4.78 is 29.6. The second kappa shape index (κ2) is 13.0. The maximum absolute atomic E-state index is 13.4. The summed E-state index contributed by atoms with van der Waals surface area (Å²) in [5.74, 6) is -1.34. The van der Waals surface area contributed by atoms with Crippen LogP contribution >= 0.6 is 34.3 Å². The molecule has 0 spiro atoms. The van der Waals surface area contributed by atoms with E-state index in [1.807, 2.05) is 6.07 Å². The van der Waals surface area contributed by atoms with E-state index < -0.39 is 22.0 Å². The Bertz CT molecular complexity index is 1880. The summed E-state index contributed by atoms with van der Waals surface area (Å²) in [6.07, 6.45) is 2.31. The van der Waals surface area contributed by atoms with Crippen LogP contribution in [0.25, 0.3) is 20.7 Å². The van der Waals surface area contributed by atoms with Crippen LogP contribution in [-0.4, -0.2) is 84.3 Å². The highest BCUT2D eigenvalue weighted by molar-refractivity contribution is 7.91. The first-order valence-electron chi connectivity index (χ1n) is 14.4. The minimum Gasteiger partial charge on any atom is -0.493 e. The molecule has 0 saturated carbocycles. The van der Waals surface area contributed by atoms with E-state index in [1.165, 1.54) is 28.4 Å². The van der Waals surface area contributed by atoms with Gasteiger partial charge in [0.25, 0.3) is 15.9 Å². The molecule has 1 aromatic carbocycles. The molecular weight excluding hydrogens is 658 g/mol. The highest BCUT2D eigenvalue weighted by Gasteiger charge is 2.36. The molecule has 0 aliphatic carbocycles. The molecule has 2 aliphatic heterocycles. The molecule has 0 radical (unpaired) electrons. The zero-order valence-electron chi connectivity index (χ0n) is 23.9. The van der Waals surface area contributed by atoms with Gasteiger partial charge in [0.1, 0.15) is 10.3 Å². The molecule has 0 unspecified atom stereocenters. The number of aromatic nitrogens is 1. The van der Waals surface area contributed by atoms with E-state index in [-0.39, 0.29) is 46.6 Å². The predicted molar refractivity (Wildman–Crippen MR) is 173 cm³/mol. The monoisotopic (exact) mass is 687 g/mol. The number of aromatic hydroxyl groups is 1. The van der Waals surface area contributed by atoms with Crippen LogP contribution in [0.4, 0.5) is 0 Å². The fourth-order valence-corrected chi connectivity index (χ4v) is 9.46. The average molecular weight is 688 g/mol. The van der Waals surface area contributed by atoms with Crippen molar-refractivity contribution < 1.29 is 27.9 Å². The number of carbonyl (C=O) groups excluding carboxylic acids is 3. The van der Waals surface area contributed by atoms with Crippen molar-refractivity contribution in [3.05, 3.63) is 64.5 Å². The van der Waals surface area contributed by atoms with Crippen LogP contribution in [0, 0.1) is 0 Å². The van der Waals surface area contributed by atoms with E-state index in [2.05, 4.69) is 15.0 Å². The summed E-state index contributed by atoms with van der Waals surface area (Å²) in [5, 5.41) is 13.5. The Labute approximate surface area is 272 Å². The van der Waals surface area contributed by atoms with E-state index >= 15 is 0 Å². The number of benzene rings is 1. The first-order valence-corrected chi connectivity index (χ1v) is 17.9. The molecule has 2 saturated heterocycles. The van der Waals surface area contributed by atoms with E-state index in [0.29, 0.717) is 47.6 Å². The van der Waals surface area contributed by atoms with Crippen molar-refractivity contribution in [2.24, 2.45) is 0 Å². The Balaban J connectivity index is 1.06. The van der Waals surface area contributed by atoms with Crippen LogP contribution in [0.1, 0.15) is 36.0 Å². The summed E-state index contributed by atoms with van der Waals surface area (Å²) in [5.41, 5.74) is 0.784. The Morgan fingerprint density at radius 2 is 1.78 bits per heavy atom. The third kappa shape index (κ3) is 6.84. The van der Waals surface area contributed by atoms with Crippen molar-refractivity contribution >= 4 is 72.9 Å². The summed E-state index contributed by atoms with van der Waals surface area (Å²) in [6.45, 7) is 0.872. The highest BCUT2D eigenvalue weighted by Crippen LogP contribution is 2.37. The van der Waals surface area contributed by atoms with Gasteiger partial charge in [-0.05, 0) is 56.0 Å². The number of piperidine rings is 1. The molecule has 2 atom stereocenters. The molecule has 5 heterocycles. The van der Waals surface area contributed by atoms with Crippen molar-refractivity contribution in [2.45, 2.75) is 42.0 Å². The van der Waals surface area contributed by atoms with Gasteiger partial charge in [-0.3, -0.25) is 14.4 Å². The van der Waals surface area contributed by atoms with Crippen LogP contribution in [0.2, 0.25) is 4.34 Å². The molecule has 2 aliphatic rings. The third-order valence-electron chi connectivity index (χ3n) is 7.96. The molecule has 2 fully saturated rings. The molecule has 3 amide bonds. The van der Waals surface area contributed by atoms with Gasteiger partial charge in [0.15, 0.2) is 0 Å². The number of sulfonamides is 1. The van der Waals surface area contributed by atoms with Crippen LogP contribution in [0.15, 0.2) is 58.8 Å². The molecule has 3 N–H and O–H groups in total. The van der Waals surface area contributed by atoms with Gasteiger partial charge in [0, 0.05) is 46.9 Å². The smallest absolute Gasteiger partial charge is 0.252 e. The molecule has 236 valence electrons. The molecule has 4 aromatic rings. The molecule has 0 bridgehead atoms. The van der Waals surface area contributed by atoms with E-state index in [4.69, 9.17) is 11.6 Å². The fourth-order valence-electron chi connectivity index (χ4n) is 5.78. The number of pyridine rings is 1. The molecule has 11 nitrogen and oxygen atoms in total. The maximum Gasteiger partial charge on any atom is 0.252 e. The highest BCUT2D eigenvalue weighted by atomic mass is 35.5. The van der Waals surface area contributed by atoms with Gasteiger partial charge >= 0.3 is 0 Å².